The van der Waals surface area contributed by atoms with Crippen LogP contribution < -0.4 is 4.74 Å². The van der Waals surface area contributed by atoms with Gasteiger partial charge in [0.05, 0.1) is 5.56 Å². The van der Waals surface area contributed by atoms with Gasteiger partial charge in [0.2, 0.25) is 0 Å². The Morgan fingerprint density at radius 2 is 1.71 bits per heavy atom. The van der Waals surface area contributed by atoms with Gasteiger partial charge in [0.15, 0.2) is 0 Å². The van der Waals surface area contributed by atoms with Gasteiger partial charge in [0.25, 0.3) is 0 Å². The lowest BCUT2D eigenvalue weighted by molar-refractivity contribution is -0.139. The summed E-state index contributed by atoms with van der Waals surface area (Å²) in [6.07, 6.45) is -4.07. The summed E-state index contributed by atoms with van der Waals surface area (Å²) in [4.78, 5) is 11.6. The first-order valence-electron chi connectivity index (χ1n) is 9.78. The van der Waals surface area contributed by atoms with Crippen molar-refractivity contribution in [1.29, 1.82) is 0 Å². The van der Waals surface area contributed by atoms with E-state index in [1.807, 2.05) is 19.9 Å². The molecule has 0 aliphatic rings. The molecule has 31 heavy (non-hydrogen) atoms. The van der Waals surface area contributed by atoms with Crippen LogP contribution in [0.3, 0.4) is 0 Å². The lowest BCUT2D eigenvalue weighted by Gasteiger charge is -2.16. The van der Waals surface area contributed by atoms with Gasteiger partial charge in [0.1, 0.15) is 12.4 Å². The summed E-state index contributed by atoms with van der Waals surface area (Å²) in [5.74, 6) is -0.383. The minimum Gasteiger partial charge on any atom is -0.489 e. The molecule has 0 atom stereocenters. The van der Waals surface area contributed by atoms with E-state index in [1.165, 1.54) is 6.92 Å². The number of hydrogen-bond acceptors (Lipinski definition) is 3. The molecular formula is C24H23F3O3S. The largest absolute Gasteiger partial charge is 0.489 e. The molecule has 0 aliphatic carbocycles. The number of rotatable bonds is 7. The molecular weight excluding hydrogens is 425 g/mol. The van der Waals surface area contributed by atoms with Crippen LogP contribution in [0.1, 0.15) is 39.1 Å². The fourth-order valence-corrected chi connectivity index (χ4v) is 4.78. The van der Waals surface area contributed by atoms with Gasteiger partial charge in [-0.2, -0.15) is 13.2 Å². The second kappa shape index (κ2) is 9.14. The SMILES string of the molecule is Cc1sc(-c2ccccc2)c(COc2ccc(CCC(=O)O)c(C)c2C)c1C(F)(F)F. The van der Waals surface area contributed by atoms with Crippen LogP contribution >= 0.6 is 11.3 Å². The lowest BCUT2D eigenvalue weighted by atomic mass is 9.99. The normalized spacial score (nSPS) is 11.5. The Morgan fingerprint density at radius 1 is 1.03 bits per heavy atom. The number of halogens is 3. The summed E-state index contributed by atoms with van der Waals surface area (Å²) in [5, 5.41) is 8.90. The van der Waals surface area contributed by atoms with E-state index in [-0.39, 0.29) is 23.5 Å². The van der Waals surface area contributed by atoms with Crippen molar-refractivity contribution in [3.63, 3.8) is 0 Å². The number of aliphatic carboxylic acids is 1. The first-order chi connectivity index (χ1) is 14.6. The van der Waals surface area contributed by atoms with Gasteiger partial charge in [0, 0.05) is 21.7 Å². The number of aryl methyl sites for hydroxylation is 2. The third-order valence-electron chi connectivity index (χ3n) is 5.33. The highest BCUT2D eigenvalue weighted by Crippen LogP contribution is 2.45. The first-order valence-corrected chi connectivity index (χ1v) is 10.6. The predicted octanol–water partition coefficient (Wildman–Crippen LogP) is 6.96. The van der Waals surface area contributed by atoms with Gasteiger partial charge in [-0.1, -0.05) is 36.4 Å². The quantitative estimate of drug-likeness (QED) is 0.425. The topological polar surface area (TPSA) is 46.5 Å². The Balaban J connectivity index is 1.94. The van der Waals surface area contributed by atoms with Gasteiger partial charge >= 0.3 is 12.1 Å². The van der Waals surface area contributed by atoms with Gasteiger partial charge < -0.3 is 9.84 Å². The Morgan fingerprint density at radius 3 is 2.32 bits per heavy atom. The molecule has 1 N–H and O–H groups in total. The molecule has 1 aromatic heterocycles. The molecule has 0 fully saturated rings. The third-order valence-corrected chi connectivity index (χ3v) is 6.53. The molecule has 0 radical (unpaired) electrons. The molecule has 164 valence electrons. The Bertz CT molecular complexity index is 1090. The zero-order valence-corrected chi connectivity index (χ0v) is 18.3. The monoisotopic (exact) mass is 448 g/mol. The van der Waals surface area contributed by atoms with Crippen molar-refractivity contribution >= 4 is 17.3 Å². The maximum atomic E-state index is 13.8. The molecule has 3 nitrogen and oxygen atoms in total. The molecule has 0 amide bonds. The first kappa shape index (κ1) is 22.9. The molecule has 0 spiro atoms. The Kier molecular flexibility index (Phi) is 6.74. The lowest BCUT2D eigenvalue weighted by Crippen LogP contribution is -2.11. The molecule has 0 aliphatic heterocycles. The van der Waals surface area contributed by atoms with Crippen LogP contribution in [0, 0.1) is 20.8 Å². The molecule has 1 heterocycles. The minimum absolute atomic E-state index is 0.0179. The van der Waals surface area contributed by atoms with Crippen molar-refractivity contribution in [2.45, 2.75) is 46.4 Å². The fourth-order valence-electron chi connectivity index (χ4n) is 3.59. The number of hydrogen-bond donors (Lipinski definition) is 1. The standard InChI is InChI=1S/C24H23F3O3S/c1-14-15(2)20(11-9-17(14)10-12-21(28)29)30-13-19-22(24(25,26)27)16(3)31-23(19)18-7-5-4-6-8-18/h4-9,11H,10,12-13H2,1-3H3,(H,28,29). The van der Waals surface area contributed by atoms with Crippen LogP contribution in [0.15, 0.2) is 42.5 Å². The van der Waals surface area contributed by atoms with Crippen molar-refractivity contribution in [3.8, 4) is 16.2 Å². The van der Waals surface area contributed by atoms with Crippen molar-refractivity contribution < 1.29 is 27.8 Å². The number of benzene rings is 2. The van der Waals surface area contributed by atoms with Crippen molar-refractivity contribution in [1.82, 2.24) is 0 Å². The van der Waals surface area contributed by atoms with Crippen molar-refractivity contribution in [3.05, 3.63) is 75.2 Å². The van der Waals surface area contributed by atoms with E-state index in [0.29, 0.717) is 17.0 Å². The van der Waals surface area contributed by atoms with Gasteiger partial charge in [-0.3, -0.25) is 4.79 Å². The van der Waals surface area contributed by atoms with Crippen molar-refractivity contribution in [2.75, 3.05) is 0 Å². The average molecular weight is 449 g/mol. The third kappa shape index (κ3) is 5.10. The number of alkyl halides is 3. The van der Waals surface area contributed by atoms with E-state index in [9.17, 15) is 18.0 Å². The van der Waals surface area contributed by atoms with E-state index in [0.717, 1.165) is 33.6 Å². The minimum atomic E-state index is -4.47. The summed E-state index contributed by atoms with van der Waals surface area (Å²) >= 11 is 1.12. The maximum absolute atomic E-state index is 13.8. The molecule has 2 aromatic carbocycles. The molecule has 7 heteroatoms. The van der Waals surface area contributed by atoms with Crippen LogP contribution in [0.2, 0.25) is 0 Å². The second-order valence-corrected chi connectivity index (χ2v) is 8.58. The van der Waals surface area contributed by atoms with E-state index < -0.39 is 17.7 Å². The van der Waals surface area contributed by atoms with E-state index in [2.05, 4.69) is 0 Å². The van der Waals surface area contributed by atoms with Crippen LogP contribution in [0.4, 0.5) is 13.2 Å². The van der Waals surface area contributed by atoms with Gasteiger partial charge in [-0.15, -0.1) is 11.3 Å². The molecule has 0 saturated heterocycles. The Labute approximate surface area is 183 Å². The zero-order valence-electron chi connectivity index (χ0n) is 17.5. The zero-order chi connectivity index (χ0) is 22.8. The summed E-state index contributed by atoms with van der Waals surface area (Å²) in [5.41, 5.74) is 2.79. The highest BCUT2D eigenvalue weighted by Gasteiger charge is 2.38. The molecule has 3 aromatic rings. The summed E-state index contributed by atoms with van der Waals surface area (Å²) in [7, 11) is 0. The van der Waals surface area contributed by atoms with Crippen LogP contribution in [-0.4, -0.2) is 11.1 Å². The van der Waals surface area contributed by atoms with Gasteiger partial charge in [-0.25, -0.2) is 0 Å². The van der Waals surface area contributed by atoms with E-state index >= 15 is 0 Å². The highest BCUT2D eigenvalue weighted by atomic mass is 32.1. The van der Waals surface area contributed by atoms with Crippen LogP contribution in [0.25, 0.3) is 10.4 Å². The summed E-state index contributed by atoms with van der Waals surface area (Å²) < 4.78 is 47.3. The number of carbonyl (C=O) groups is 1. The van der Waals surface area contributed by atoms with Crippen molar-refractivity contribution in [2.24, 2.45) is 0 Å². The van der Waals surface area contributed by atoms with Crippen LogP contribution in [0.5, 0.6) is 5.75 Å². The molecule has 3 rings (SSSR count). The summed E-state index contributed by atoms with van der Waals surface area (Å²) in [6.45, 7) is 4.97. The molecule has 0 saturated carbocycles. The smallest absolute Gasteiger partial charge is 0.417 e. The Hall–Kier alpha value is -2.80. The molecule has 0 unspecified atom stereocenters. The number of ether oxygens (including phenoxy) is 1. The highest BCUT2D eigenvalue weighted by molar-refractivity contribution is 7.15. The maximum Gasteiger partial charge on any atom is 0.417 e. The van der Waals surface area contributed by atoms with Crippen LogP contribution in [-0.2, 0) is 24.0 Å². The predicted molar refractivity (Wildman–Crippen MR) is 116 cm³/mol. The van der Waals surface area contributed by atoms with E-state index in [4.69, 9.17) is 9.84 Å². The summed E-state index contributed by atoms with van der Waals surface area (Å²) in [6, 6.07) is 12.5. The molecule has 0 bridgehead atoms. The number of carboxylic acids is 1. The number of thiophene rings is 1. The average Bonchev–Trinajstić information content (AvgIpc) is 3.05. The second-order valence-electron chi connectivity index (χ2n) is 7.36. The fraction of sp³-hybridized carbons (Fsp3) is 0.292. The van der Waals surface area contributed by atoms with E-state index in [1.54, 1.807) is 36.4 Å². The van der Waals surface area contributed by atoms with Gasteiger partial charge in [-0.05, 0) is 55.5 Å². The number of carboxylic acid groups (broad SMARTS) is 1.